The Morgan fingerprint density at radius 1 is 1.15 bits per heavy atom. The number of ether oxygens (including phenoxy) is 3. The lowest BCUT2D eigenvalue weighted by atomic mass is 9.86. The number of nitrogens with two attached hydrogens (primary N) is 1. The number of aromatic nitrogens is 1. The molecule has 2 amide bonds. The van der Waals surface area contributed by atoms with Gasteiger partial charge in [-0.25, -0.2) is 27.7 Å². The molecule has 1 aliphatic carbocycles. The third kappa shape index (κ3) is 9.63. The average Bonchev–Trinajstić information content (AvgIpc) is 3.32. The van der Waals surface area contributed by atoms with Crippen molar-refractivity contribution in [2.75, 3.05) is 13.2 Å². The van der Waals surface area contributed by atoms with Crippen LogP contribution in [0.4, 0.5) is 9.59 Å². The molecular weight excluding hydrogens is 556 g/mol. The maximum Gasteiger partial charge on any atom is 0.407 e. The Morgan fingerprint density at radius 3 is 2.48 bits per heavy atom. The first-order chi connectivity index (χ1) is 18.7. The van der Waals surface area contributed by atoms with E-state index in [4.69, 9.17) is 19.9 Å². The maximum absolute atomic E-state index is 13.4. The van der Waals surface area contributed by atoms with Crippen LogP contribution in [0.15, 0.2) is 29.3 Å². The molecule has 4 N–H and O–H groups in total. The van der Waals surface area contributed by atoms with Crippen molar-refractivity contribution < 1.29 is 32.2 Å². The molecule has 13 heteroatoms. The van der Waals surface area contributed by atoms with E-state index in [1.54, 1.807) is 39.1 Å². The molecule has 2 aromatic rings. The fraction of sp³-hybridized carbons (Fsp3) is 0.593. The van der Waals surface area contributed by atoms with Crippen LogP contribution < -0.4 is 20.5 Å². The van der Waals surface area contributed by atoms with E-state index in [1.807, 2.05) is 13.8 Å². The predicted octanol–water partition coefficient (Wildman–Crippen LogP) is 4.91. The third-order valence-corrected chi connectivity index (χ3v) is 9.01. The molecule has 40 heavy (non-hydrogen) atoms. The Hall–Kier alpha value is -2.90. The Labute approximate surface area is 240 Å². The van der Waals surface area contributed by atoms with Gasteiger partial charge in [0.25, 0.3) is 0 Å². The highest BCUT2D eigenvalue weighted by atomic mass is 32.2. The molecule has 3 rings (SSSR count). The van der Waals surface area contributed by atoms with E-state index >= 15 is 0 Å². The zero-order valence-corrected chi connectivity index (χ0v) is 25.3. The summed E-state index contributed by atoms with van der Waals surface area (Å²) in [6.45, 7) is 9.30. The number of amides is 2. The summed E-state index contributed by atoms with van der Waals surface area (Å²) in [6.07, 6.45) is 4.08. The van der Waals surface area contributed by atoms with E-state index < -0.39 is 21.7 Å². The summed E-state index contributed by atoms with van der Waals surface area (Å²) < 4.78 is 45.2. The molecule has 0 aliphatic heterocycles. The summed E-state index contributed by atoms with van der Waals surface area (Å²) in [5.41, 5.74) is 4.81. The highest BCUT2D eigenvalue weighted by molar-refractivity contribution is 7.89. The van der Waals surface area contributed by atoms with Crippen molar-refractivity contribution >= 4 is 33.5 Å². The lowest BCUT2D eigenvalue weighted by molar-refractivity contribution is 0.109. The van der Waals surface area contributed by atoms with Crippen molar-refractivity contribution in [3.63, 3.8) is 0 Å². The highest BCUT2D eigenvalue weighted by Gasteiger charge is 2.29. The highest BCUT2D eigenvalue weighted by Crippen LogP contribution is 2.40. The van der Waals surface area contributed by atoms with E-state index in [0.29, 0.717) is 17.7 Å². The minimum absolute atomic E-state index is 0.0667. The number of rotatable bonds is 11. The third-order valence-electron chi connectivity index (χ3n) is 6.02. The van der Waals surface area contributed by atoms with Gasteiger partial charge in [-0.05, 0) is 72.4 Å². The van der Waals surface area contributed by atoms with Gasteiger partial charge >= 0.3 is 12.2 Å². The summed E-state index contributed by atoms with van der Waals surface area (Å²) in [6, 6.07) is 5.01. The van der Waals surface area contributed by atoms with E-state index in [2.05, 4.69) is 15.0 Å². The molecule has 1 aliphatic rings. The van der Waals surface area contributed by atoms with Crippen molar-refractivity contribution in [1.82, 2.24) is 15.0 Å². The molecule has 222 valence electrons. The van der Waals surface area contributed by atoms with E-state index in [-0.39, 0.29) is 42.3 Å². The molecule has 0 saturated heterocycles. The monoisotopic (exact) mass is 596 g/mol. The Balaban J connectivity index is 1.76. The van der Waals surface area contributed by atoms with Crippen molar-refractivity contribution in [2.45, 2.75) is 95.2 Å². The maximum atomic E-state index is 13.4. The van der Waals surface area contributed by atoms with Gasteiger partial charge < -0.3 is 25.3 Å². The van der Waals surface area contributed by atoms with Crippen molar-refractivity contribution in [2.24, 2.45) is 5.73 Å². The minimum atomic E-state index is -3.90. The van der Waals surface area contributed by atoms with Crippen LogP contribution in [-0.4, -0.2) is 56.5 Å². The molecule has 1 aromatic heterocycles. The van der Waals surface area contributed by atoms with E-state index in [0.717, 1.165) is 35.6 Å². The second-order valence-corrected chi connectivity index (χ2v) is 13.8. The fourth-order valence-corrected chi connectivity index (χ4v) is 7.24. The van der Waals surface area contributed by atoms with Crippen LogP contribution in [0.2, 0.25) is 0 Å². The molecule has 1 aromatic carbocycles. The van der Waals surface area contributed by atoms with Crippen molar-refractivity contribution in [3.05, 3.63) is 29.4 Å². The number of sulfonamides is 1. The standard InChI is InChI=1S/C27H40N4O7S2/c1-17(2)38-26(33)30-19-9-7-18(8-10-19)24-29-16-22(39-24)21-12-11-20(36-13-6-14-37-25(28)32)15-23(21)40(34,35)31-27(3,4)5/h11-12,15-19,31H,6-10,13-14H2,1-5H3,(H2,28,32)(H,30,33). The van der Waals surface area contributed by atoms with Gasteiger partial charge in [0.15, 0.2) is 0 Å². The van der Waals surface area contributed by atoms with Gasteiger partial charge in [0, 0.05) is 41.7 Å². The smallest absolute Gasteiger partial charge is 0.407 e. The number of carbonyl (C=O) groups excluding carboxylic acids is 2. The summed E-state index contributed by atoms with van der Waals surface area (Å²) in [4.78, 5) is 28.2. The second kappa shape index (κ2) is 13.6. The SMILES string of the molecule is CC(C)OC(=O)NC1CCC(c2ncc(-c3ccc(OCCCOC(N)=O)cc3S(=O)(=O)NC(C)(C)C)s2)CC1. The zero-order chi connectivity index (χ0) is 29.5. The molecule has 0 atom stereocenters. The second-order valence-electron chi connectivity index (χ2n) is 11.1. The topological polar surface area (TPSA) is 159 Å². The quantitative estimate of drug-likeness (QED) is 0.309. The number of primary amides is 1. The van der Waals surface area contributed by atoms with Crippen LogP contribution in [0.5, 0.6) is 5.75 Å². The Morgan fingerprint density at radius 2 is 1.85 bits per heavy atom. The Bertz CT molecular complexity index is 1260. The molecule has 0 spiro atoms. The molecule has 0 unspecified atom stereocenters. The average molecular weight is 597 g/mol. The normalized spacial score (nSPS) is 17.9. The van der Waals surface area contributed by atoms with Gasteiger partial charge in [0.05, 0.1) is 34.1 Å². The fourth-order valence-electron chi connectivity index (χ4n) is 4.40. The largest absolute Gasteiger partial charge is 0.493 e. The molecular formula is C27H40N4O7S2. The number of thiazole rings is 1. The lowest BCUT2D eigenvalue weighted by Gasteiger charge is -2.28. The summed E-state index contributed by atoms with van der Waals surface area (Å²) >= 11 is 1.48. The van der Waals surface area contributed by atoms with Crippen molar-refractivity contribution in [3.8, 4) is 16.2 Å². The molecule has 1 heterocycles. The molecule has 1 fully saturated rings. The summed E-state index contributed by atoms with van der Waals surface area (Å²) in [5.74, 6) is 0.611. The zero-order valence-electron chi connectivity index (χ0n) is 23.7. The van der Waals surface area contributed by atoms with E-state index in [9.17, 15) is 18.0 Å². The Kier molecular flexibility index (Phi) is 10.8. The van der Waals surface area contributed by atoms with Gasteiger partial charge in [-0.15, -0.1) is 11.3 Å². The predicted molar refractivity (Wildman–Crippen MR) is 153 cm³/mol. The number of benzene rings is 1. The van der Waals surface area contributed by atoms with Crippen LogP contribution in [0, 0.1) is 0 Å². The van der Waals surface area contributed by atoms with Crippen molar-refractivity contribution in [1.29, 1.82) is 0 Å². The van der Waals surface area contributed by atoms with Gasteiger partial charge in [0.1, 0.15) is 5.75 Å². The number of carbonyl (C=O) groups is 2. The number of hydrogen-bond donors (Lipinski definition) is 3. The number of hydrogen-bond acceptors (Lipinski definition) is 9. The summed E-state index contributed by atoms with van der Waals surface area (Å²) in [7, 11) is -3.90. The van der Waals surface area contributed by atoms with Gasteiger partial charge in [-0.3, -0.25) is 0 Å². The van der Waals surface area contributed by atoms with E-state index in [1.165, 1.54) is 17.4 Å². The first-order valence-electron chi connectivity index (χ1n) is 13.4. The van der Waals surface area contributed by atoms with Crippen LogP contribution >= 0.6 is 11.3 Å². The molecule has 1 saturated carbocycles. The molecule has 11 nitrogen and oxygen atoms in total. The lowest BCUT2D eigenvalue weighted by Crippen LogP contribution is -2.40. The minimum Gasteiger partial charge on any atom is -0.493 e. The molecule has 0 bridgehead atoms. The summed E-state index contributed by atoms with van der Waals surface area (Å²) in [5, 5.41) is 3.88. The number of nitrogens with zero attached hydrogens (tertiary/aromatic N) is 1. The van der Waals surface area contributed by atoms with Crippen LogP contribution in [0.3, 0.4) is 0 Å². The van der Waals surface area contributed by atoms with Gasteiger partial charge in [-0.2, -0.15) is 0 Å². The number of alkyl carbamates (subject to hydrolysis) is 1. The van der Waals surface area contributed by atoms with Crippen LogP contribution in [0.1, 0.15) is 77.6 Å². The van der Waals surface area contributed by atoms with Gasteiger partial charge in [0.2, 0.25) is 10.0 Å². The number of nitrogens with one attached hydrogen (secondary N) is 2. The van der Waals surface area contributed by atoms with Gasteiger partial charge in [-0.1, -0.05) is 0 Å². The van der Waals surface area contributed by atoms with Crippen LogP contribution in [-0.2, 0) is 19.5 Å². The first kappa shape index (κ1) is 31.6. The molecule has 0 radical (unpaired) electrons. The first-order valence-corrected chi connectivity index (χ1v) is 15.7. The van der Waals surface area contributed by atoms with Crippen LogP contribution in [0.25, 0.3) is 10.4 Å².